The number of amides is 1. The molecule has 1 N–H and O–H groups in total. The van der Waals surface area contributed by atoms with Crippen molar-refractivity contribution in [2.45, 2.75) is 30.9 Å². The monoisotopic (exact) mass is 383 g/mol. The van der Waals surface area contributed by atoms with Crippen molar-refractivity contribution in [3.05, 3.63) is 54.1 Å². The third-order valence-corrected chi connectivity index (χ3v) is 4.56. The summed E-state index contributed by atoms with van der Waals surface area (Å²) in [5.41, 5.74) is 1.28. The fraction of sp³-hybridized carbons (Fsp3) is 0.250. The van der Waals surface area contributed by atoms with Gasteiger partial charge in [0, 0.05) is 21.3 Å². The molecule has 0 aliphatic heterocycles. The lowest BCUT2D eigenvalue weighted by atomic mass is 10.2. The van der Waals surface area contributed by atoms with Crippen LogP contribution in [0.2, 0.25) is 0 Å². The first kappa shape index (κ1) is 19.0. The number of thioether (sulfide) groups is 1. The molecular weight excluding hydrogens is 362 g/mol. The van der Waals surface area contributed by atoms with Gasteiger partial charge in [0.2, 0.25) is 5.89 Å². The van der Waals surface area contributed by atoms with Gasteiger partial charge in [-0.2, -0.15) is 0 Å². The van der Waals surface area contributed by atoms with Gasteiger partial charge < -0.3 is 9.15 Å². The Morgan fingerprint density at radius 2 is 1.81 bits per heavy atom. The SMILES string of the molecule is CCOc1ccc(-c2nnc(NC(=O)c3ccc(SC(C)C)cc3)o2)cc1. The van der Waals surface area contributed by atoms with Gasteiger partial charge in [-0.25, -0.2) is 0 Å². The summed E-state index contributed by atoms with van der Waals surface area (Å²) in [6.45, 7) is 6.79. The minimum Gasteiger partial charge on any atom is -0.494 e. The Kier molecular flexibility index (Phi) is 6.13. The number of aromatic nitrogens is 2. The molecule has 0 fully saturated rings. The standard InChI is InChI=1S/C20H21N3O3S/c1-4-25-16-9-5-15(6-10-16)19-22-23-20(26-19)21-18(24)14-7-11-17(12-8-14)27-13(2)3/h5-13H,4H2,1-3H3,(H,21,23,24). The van der Waals surface area contributed by atoms with Crippen LogP contribution in [0.25, 0.3) is 11.5 Å². The molecule has 1 aromatic heterocycles. The molecule has 0 aliphatic carbocycles. The molecule has 7 heteroatoms. The van der Waals surface area contributed by atoms with E-state index in [0.717, 1.165) is 16.2 Å². The van der Waals surface area contributed by atoms with Crippen molar-refractivity contribution in [3.63, 3.8) is 0 Å². The van der Waals surface area contributed by atoms with Crippen molar-refractivity contribution in [1.29, 1.82) is 0 Å². The predicted molar refractivity (Wildman–Crippen MR) is 106 cm³/mol. The summed E-state index contributed by atoms with van der Waals surface area (Å²) in [7, 11) is 0. The molecule has 0 saturated heterocycles. The number of ether oxygens (including phenoxy) is 1. The fourth-order valence-electron chi connectivity index (χ4n) is 2.38. The molecule has 0 aliphatic rings. The topological polar surface area (TPSA) is 77.3 Å². The average Bonchev–Trinajstić information content (AvgIpc) is 3.11. The average molecular weight is 383 g/mol. The lowest BCUT2D eigenvalue weighted by molar-refractivity contribution is 0.102. The molecule has 0 saturated carbocycles. The summed E-state index contributed by atoms with van der Waals surface area (Å²) < 4.78 is 10.9. The third-order valence-electron chi connectivity index (χ3n) is 3.55. The molecule has 0 unspecified atom stereocenters. The highest BCUT2D eigenvalue weighted by molar-refractivity contribution is 7.99. The van der Waals surface area contributed by atoms with Crippen LogP contribution in [-0.2, 0) is 0 Å². The quantitative estimate of drug-likeness (QED) is 0.586. The minimum atomic E-state index is -0.294. The number of hydrogen-bond acceptors (Lipinski definition) is 6. The molecule has 3 aromatic rings. The van der Waals surface area contributed by atoms with Gasteiger partial charge in [-0.3, -0.25) is 10.1 Å². The Morgan fingerprint density at radius 1 is 1.11 bits per heavy atom. The maximum Gasteiger partial charge on any atom is 0.322 e. The van der Waals surface area contributed by atoms with Gasteiger partial charge in [-0.1, -0.05) is 18.9 Å². The van der Waals surface area contributed by atoms with Crippen LogP contribution in [0.15, 0.2) is 57.8 Å². The number of anilines is 1. The van der Waals surface area contributed by atoms with Crippen molar-refractivity contribution in [2.24, 2.45) is 0 Å². The first-order valence-electron chi connectivity index (χ1n) is 8.70. The van der Waals surface area contributed by atoms with E-state index in [1.54, 1.807) is 23.9 Å². The second-order valence-electron chi connectivity index (χ2n) is 6.01. The first-order valence-corrected chi connectivity index (χ1v) is 9.58. The maximum atomic E-state index is 12.3. The van der Waals surface area contributed by atoms with Crippen molar-refractivity contribution in [2.75, 3.05) is 11.9 Å². The molecule has 1 amide bonds. The number of nitrogens with one attached hydrogen (secondary N) is 1. The first-order chi connectivity index (χ1) is 13.0. The summed E-state index contributed by atoms with van der Waals surface area (Å²) in [5, 5.41) is 11.0. The zero-order chi connectivity index (χ0) is 19.2. The van der Waals surface area contributed by atoms with Crippen LogP contribution in [-0.4, -0.2) is 28.0 Å². The Hall–Kier alpha value is -2.80. The van der Waals surface area contributed by atoms with E-state index in [1.165, 1.54) is 0 Å². The minimum absolute atomic E-state index is 0.0597. The van der Waals surface area contributed by atoms with Crippen LogP contribution in [0, 0.1) is 0 Å². The zero-order valence-electron chi connectivity index (χ0n) is 15.4. The summed E-state index contributed by atoms with van der Waals surface area (Å²) in [5.74, 6) is 0.809. The molecule has 2 aromatic carbocycles. The predicted octanol–water partition coefficient (Wildman–Crippen LogP) is 4.89. The lowest BCUT2D eigenvalue weighted by Gasteiger charge is -2.05. The van der Waals surface area contributed by atoms with Gasteiger partial charge in [-0.05, 0) is 55.5 Å². The highest BCUT2D eigenvalue weighted by Gasteiger charge is 2.13. The third kappa shape index (κ3) is 5.10. The highest BCUT2D eigenvalue weighted by Crippen LogP contribution is 2.24. The van der Waals surface area contributed by atoms with E-state index >= 15 is 0 Å². The molecule has 27 heavy (non-hydrogen) atoms. The van der Waals surface area contributed by atoms with E-state index in [9.17, 15) is 4.79 Å². The number of nitrogens with zero attached hydrogens (tertiary/aromatic N) is 2. The van der Waals surface area contributed by atoms with E-state index in [0.29, 0.717) is 23.3 Å². The zero-order valence-corrected chi connectivity index (χ0v) is 16.2. The van der Waals surface area contributed by atoms with E-state index in [2.05, 4.69) is 29.4 Å². The van der Waals surface area contributed by atoms with Crippen molar-refractivity contribution < 1.29 is 13.9 Å². The van der Waals surface area contributed by atoms with Crippen LogP contribution >= 0.6 is 11.8 Å². The summed E-state index contributed by atoms with van der Waals surface area (Å²) in [6.07, 6.45) is 0. The molecule has 1 heterocycles. The molecule has 3 rings (SSSR count). The smallest absolute Gasteiger partial charge is 0.322 e. The Bertz CT molecular complexity index is 890. The van der Waals surface area contributed by atoms with Gasteiger partial charge in [0.15, 0.2) is 0 Å². The Balaban J connectivity index is 1.65. The number of rotatable bonds is 7. The Morgan fingerprint density at radius 3 is 2.44 bits per heavy atom. The van der Waals surface area contributed by atoms with Crippen LogP contribution in [0.3, 0.4) is 0 Å². The lowest BCUT2D eigenvalue weighted by Crippen LogP contribution is -2.11. The summed E-state index contributed by atoms with van der Waals surface area (Å²) >= 11 is 1.75. The van der Waals surface area contributed by atoms with Gasteiger partial charge in [0.05, 0.1) is 6.61 Å². The van der Waals surface area contributed by atoms with E-state index in [-0.39, 0.29) is 11.9 Å². The van der Waals surface area contributed by atoms with Crippen LogP contribution in [0.5, 0.6) is 5.75 Å². The van der Waals surface area contributed by atoms with Gasteiger partial charge >= 0.3 is 6.01 Å². The second kappa shape index (κ2) is 8.73. The van der Waals surface area contributed by atoms with E-state index < -0.39 is 0 Å². The van der Waals surface area contributed by atoms with E-state index in [1.807, 2.05) is 43.3 Å². The van der Waals surface area contributed by atoms with Gasteiger partial charge in [0.25, 0.3) is 5.91 Å². The highest BCUT2D eigenvalue weighted by atomic mass is 32.2. The number of hydrogen-bond donors (Lipinski definition) is 1. The van der Waals surface area contributed by atoms with Gasteiger partial charge in [0.1, 0.15) is 5.75 Å². The fourth-order valence-corrected chi connectivity index (χ4v) is 3.21. The molecule has 6 nitrogen and oxygen atoms in total. The molecule has 0 radical (unpaired) electrons. The second-order valence-corrected chi connectivity index (χ2v) is 7.66. The molecule has 0 spiro atoms. The molecule has 140 valence electrons. The number of carbonyl (C=O) groups is 1. The summed E-state index contributed by atoms with van der Waals surface area (Å²) in [4.78, 5) is 13.5. The van der Waals surface area contributed by atoms with Crippen molar-refractivity contribution in [1.82, 2.24) is 10.2 Å². The normalized spacial score (nSPS) is 10.8. The number of benzene rings is 2. The van der Waals surface area contributed by atoms with Crippen molar-refractivity contribution >= 4 is 23.7 Å². The van der Waals surface area contributed by atoms with E-state index in [4.69, 9.17) is 9.15 Å². The molecule has 0 atom stereocenters. The maximum absolute atomic E-state index is 12.3. The Labute approximate surface area is 162 Å². The van der Waals surface area contributed by atoms with Crippen molar-refractivity contribution in [3.8, 4) is 17.2 Å². The summed E-state index contributed by atoms with van der Waals surface area (Å²) in [6, 6.07) is 14.8. The van der Waals surface area contributed by atoms with Crippen LogP contribution < -0.4 is 10.1 Å². The molecule has 0 bridgehead atoms. The molecular formula is C20H21N3O3S. The van der Waals surface area contributed by atoms with Crippen LogP contribution in [0.1, 0.15) is 31.1 Å². The van der Waals surface area contributed by atoms with Gasteiger partial charge in [-0.15, -0.1) is 16.9 Å². The number of carbonyl (C=O) groups excluding carboxylic acids is 1. The largest absolute Gasteiger partial charge is 0.494 e. The van der Waals surface area contributed by atoms with Crippen LogP contribution in [0.4, 0.5) is 6.01 Å².